The van der Waals surface area contributed by atoms with Gasteiger partial charge in [0.05, 0.1) is 13.7 Å². The summed E-state index contributed by atoms with van der Waals surface area (Å²) in [5.74, 6) is 1.43. The van der Waals surface area contributed by atoms with E-state index in [-0.39, 0.29) is 5.91 Å². The highest BCUT2D eigenvalue weighted by Crippen LogP contribution is 2.25. The summed E-state index contributed by atoms with van der Waals surface area (Å²) in [6.07, 6.45) is 1.29. The van der Waals surface area contributed by atoms with E-state index in [0.717, 1.165) is 6.42 Å². The molecule has 5 heteroatoms. The van der Waals surface area contributed by atoms with E-state index in [1.165, 1.54) is 5.56 Å². The molecule has 21 heavy (non-hydrogen) atoms. The van der Waals surface area contributed by atoms with Gasteiger partial charge in [-0.15, -0.1) is 0 Å². The van der Waals surface area contributed by atoms with Gasteiger partial charge in [-0.3, -0.25) is 4.79 Å². The number of para-hydroxylation sites is 2. The molecule has 0 saturated carbocycles. The third kappa shape index (κ3) is 5.11. The van der Waals surface area contributed by atoms with Crippen molar-refractivity contribution < 1.29 is 14.3 Å². The van der Waals surface area contributed by atoms with Gasteiger partial charge in [0.15, 0.2) is 11.5 Å². The molecule has 1 amide bonds. The maximum atomic E-state index is 11.7. The molecule has 0 unspecified atom stereocenters. The lowest BCUT2D eigenvalue weighted by molar-refractivity contribution is -0.121. The van der Waals surface area contributed by atoms with Crippen LogP contribution in [-0.2, 0) is 11.2 Å². The van der Waals surface area contributed by atoms with Gasteiger partial charge in [0, 0.05) is 6.42 Å². The van der Waals surface area contributed by atoms with Crippen molar-refractivity contribution in [1.82, 2.24) is 5.32 Å². The minimum Gasteiger partial charge on any atom is -0.493 e. The number of rotatable bonds is 8. The van der Waals surface area contributed by atoms with E-state index >= 15 is 0 Å². The number of amides is 1. The van der Waals surface area contributed by atoms with Crippen molar-refractivity contribution in [1.29, 1.82) is 0 Å². The zero-order valence-corrected chi connectivity index (χ0v) is 12.8. The summed E-state index contributed by atoms with van der Waals surface area (Å²) in [7, 11) is 1.61. The second kappa shape index (κ2) is 8.32. The van der Waals surface area contributed by atoms with Crippen LogP contribution in [0.1, 0.15) is 12.0 Å². The molecule has 0 radical (unpaired) electrons. The molecule has 1 N–H and O–H groups in total. The molecule has 1 aromatic carbocycles. The van der Waals surface area contributed by atoms with Crippen LogP contribution in [0.25, 0.3) is 0 Å². The highest BCUT2D eigenvalue weighted by Gasteiger charge is 2.04. The van der Waals surface area contributed by atoms with Crippen LogP contribution in [0.2, 0.25) is 0 Å². The van der Waals surface area contributed by atoms with Crippen molar-refractivity contribution in [3.63, 3.8) is 0 Å². The molecule has 2 rings (SSSR count). The summed E-state index contributed by atoms with van der Waals surface area (Å²) in [6.45, 7) is 0.908. The topological polar surface area (TPSA) is 47.6 Å². The minimum atomic E-state index is 0.0461. The predicted molar refractivity (Wildman–Crippen MR) is 84.1 cm³/mol. The first-order chi connectivity index (χ1) is 10.3. The summed E-state index contributed by atoms with van der Waals surface area (Å²) < 4.78 is 10.8. The van der Waals surface area contributed by atoms with Gasteiger partial charge in [-0.25, -0.2) is 0 Å². The number of methoxy groups -OCH3 is 1. The second-order valence-electron chi connectivity index (χ2n) is 4.48. The number of aryl methyl sites for hydroxylation is 1. The van der Waals surface area contributed by atoms with Crippen molar-refractivity contribution in [2.24, 2.45) is 0 Å². The van der Waals surface area contributed by atoms with Crippen molar-refractivity contribution in [2.75, 3.05) is 20.3 Å². The van der Waals surface area contributed by atoms with Crippen LogP contribution in [0.5, 0.6) is 11.5 Å². The number of benzene rings is 1. The Balaban J connectivity index is 1.64. The fourth-order valence-corrected chi connectivity index (χ4v) is 2.57. The lowest BCUT2D eigenvalue weighted by atomic mass is 10.2. The first kappa shape index (κ1) is 15.4. The highest BCUT2D eigenvalue weighted by atomic mass is 32.1. The molecule has 0 aliphatic rings. The van der Waals surface area contributed by atoms with Crippen LogP contribution in [0, 0.1) is 0 Å². The lowest BCUT2D eigenvalue weighted by Gasteiger charge is -2.10. The molecule has 0 spiro atoms. The third-order valence-electron chi connectivity index (χ3n) is 2.97. The lowest BCUT2D eigenvalue weighted by Crippen LogP contribution is -2.28. The number of hydrogen-bond donors (Lipinski definition) is 1. The van der Waals surface area contributed by atoms with Gasteiger partial charge in [-0.2, -0.15) is 11.3 Å². The van der Waals surface area contributed by atoms with Gasteiger partial charge >= 0.3 is 0 Å². The second-order valence-corrected chi connectivity index (χ2v) is 5.26. The van der Waals surface area contributed by atoms with Crippen LogP contribution in [0.4, 0.5) is 0 Å². The van der Waals surface area contributed by atoms with Crippen molar-refractivity contribution in [3.05, 3.63) is 46.7 Å². The van der Waals surface area contributed by atoms with E-state index in [2.05, 4.69) is 10.7 Å². The van der Waals surface area contributed by atoms with Gasteiger partial charge in [-0.1, -0.05) is 12.1 Å². The normalized spacial score (nSPS) is 10.1. The van der Waals surface area contributed by atoms with Crippen LogP contribution >= 0.6 is 11.3 Å². The number of hydrogen-bond acceptors (Lipinski definition) is 4. The monoisotopic (exact) mass is 305 g/mol. The number of nitrogens with one attached hydrogen (secondary N) is 1. The molecular weight excluding hydrogens is 286 g/mol. The van der Waals surface area contributed by atoms with Crippen LogP contribution in [-0.4, -0.2) is 26.2 Å². The summed E-state index contributed by atoms with van der Waals surface area (Å²) in [4.78, 5) is 11.7. The van der Waals surface area contributed by atoms with Crippen molar-refractivity contribution >= 4 is 17.2 Å². The summed E-state index contributed by atoms with van der Waals surface area (Å²) in [5, 5.41) is 6.94. The van der Waals surface area contributed by atoms with Crippen LogP contribution in [0.3, 0.4) is 0 Å². The molecule has 1 heterocycles. The van der Waals surface area contributed by atoms with E-state index in [9.17, 15) is 4.79 Å². The summed E-state index contributed by atoms with van der Waals surface area (Å²) in [5.41, 5.74) is 1.21. The van der Waals surface area contributed by atoms with E-state index in [1.807, 2.05) is 35.7 Å². The fraction of sp³-hybridized carbons (Fsp3) is 0.312. The number of carbonyl (C=O) groups is 1. The Labute approximate surface area is 128 Å². The molecule has 112 valence electrons. The zero-order valence-electron chi connectivity index (χ0n) is 12.0. The maximum absolute atomic E-state index is 11.7. The maximum Gasteiger partial charge on any atom is 0.220 e. The van der Waals surface area contributed by atoms with Crippen LogP contribution < -0.4 is 14.8 Å². The standard InChI is InChI=1S/C16H19NO3S/c1-19-14-4-2-3-5-15(14)20-10-9-17-16(18)7-6-13-8-11-21-12-13/h2-5,8,11-12H,6-7,9-10H2,1H3,(H,17,18). The molecular formula is C16H19NO3S. The Morgan fingerprint density at radius 1 is 1.24 bits per heavy atom. The molecule has 2 aromatic rings. The molecule has 0 aliphatic carbocycles. The highest BCUT2D eigenvalue weighted by molar-refractivity contribution is 7.07. The molecule has 1 aromatic heterocycles. The largest absolute Gasteiger partial charge is 0.493 e. The molecule has 0 atom stereocenters. The smallest absolute Gasteiger partial charge is 0.220 e. The average molecular weight is 305 g/mol. The van der Waals surface area contributed by atoms with Crippen molar-refractivity contribution in [3.8, 4) is 11.5 Å². The van der Waals surface area contributed by atoms with E-state index in [0.29, 0.717) is 31.1 Å². The first-order valence-corrected chi connectivity index (χ1v) is 7.77. The van der Waals surface area contributed by atoms with Crippen LogP contribution in [0.15, 0.2) is 41.1 Å². The number of thiophene rings is 1. The van der Waals surface area contributed by atoms with Gasteiger partial charge in [0.1, 0.15) is 6.61 Å². The Hall–Kier alpha value is -2.01. The average Bonchev–Trinajstić information content (AvgIpc) is 3.03. The SMILES string of the molecule is COc1ccccc1OCCNC(=O)CCc1ccsc1. The summed E-state index contributed by atoms with van der Waals surface area (Å²) in [6, 6.07) is 9.50. The Morgan fingerprint density at radius 3 is 2.76 bits per heavy atom. The van der Waals surface area contributed by atoms with Gasteiger partial charge < -0.3 is 14.8 Å². The molecule has 0 saturated heterocycles. The molecule has 0 aliphatic heterocycles. The number of ether oxygens (including phenoxy) is 2. The molecule has 4 nitrogen and oxygen atoms in total. The first-order valence-electron chi connectivity index (χ1n) is 6.83. The molecule has 0 bridgehead atoms. The van der Waals surface area contributed by atoms with Gasteiger partial charge in [0.25, 0.3) is 0 Å². The van der Waals surface area contributed by atoms with E-state index in [1.54, 1.807) is 18.4 Å². The Bertz CT molecular complexity index is 554. The predicted octanol–water partition coefficient (Wildman–Crippen LogP) is 2.88. The summed E-state index contributed by atoms with van der Waals surface area (Å²) >= 11 is 1.65. The van der Waals surface area contributed by atoms with Gasteiger partial charge in [0.2, 0.25) is 5.91 Å². The molecule has 0 fully saturated rings. The Morgan fingerprint density at radius 2 is 2.05 bits per heavy atom. The van der Waals surface area contributed by atoms with Gasteiger partial charge in [-0.05, 0) is 40.9 Å². The third-order valence-corrected chi connectivity index (χ3v) is 3.70. The quantitative estimate of drug-likeness (QED) is 0.763. The van der Waals surface area contributed by atoms with E-state index in [4.69, 9.17) is 9.47 Å². The van der Waals surface area contributed by atoms with E-state index < -0.39 is 0 Å². The fourth-order valence-electron chi connectivity index (χ4n) is 1.87. The zero-order chi connectivity index (χ0) is 14.9. The van der Waals surface area contributed by atoms with Crippen molar-refractivity contribution in [2.45, 2.75) is 12.8 Å². The Kier molecular flexibility index (Phi) is 6.09. The number of carbonyl (C=O) groups excluding carboxylic acids is 1. The minimum absolute atomic E-state index is 0.0461.